The first-order valence-corrected chi connectivity index (χ1v) is 5.73. The molecule has 1 atom stereocenters. The Morgan fingerprint density at radius 3 is 2.76 bits per heavy atom. The molecule has 1 aromatic rings. The summed E-state index contributed by atoms with van der Waals surface area (Å²) in [5, 5.41) is 21.5. The van der Waals surface area contributed by atoms with Crippen LogP contribution in [0.5, 0.6) is 0 Å². The lowest BCUT2D eigenvalue weighted by Crippen LogP contribution is -2.39. The number of anilines is 1. The van der Waals surface area contributed by atoms with E-state index in [1.54, 1.807) is 24.3 Å². The second-order valence-electron chi connectivity index (χ2n) is 4.34. The summed E-state index contributed by atoms with van der Waals surface area (Å²) in [6, 6.07) is 6.91. The fourth-order valence-corrected chi connectivity index (χ4v) is 1.61. The minimum atomic E-state index is -1.36. The van der Waals surface area contributed by atoms with E-state index in [-0.39, 0.29) is 6.61 Å². The van der Waals surface area contributed by atoms with Gasteiger partial charge in [-0.1, -0.05) is 25.5 Å². The average molecular weight is 237 g/mol. The van der Waals surface area contributed by atoms with Gasteiger partial charge in [-0.2, -0.15) is 0 Å². The molecule has 0 aliphatic rings. The van der Waals surface area contributed by atoms with E-state index in [0.29, 0.717) is 12.1 Å². The minimum absolute atomic E-state index is 0.0743. The highest BCUT2D eigenvalue weighted by Crippen LogP contribution is 2.17. The highest BCUT2D eigenvalue weighted by Gasteiger charge is 2.28. The Morgan fingerprint density at radius 1 is 1.47 bits per heavy atom. The first-order chi connectivity index (χ1) is 7.99. The van der Waals surface area contributed by atoms with Gasteiger partial charge in [0, 0.05) is 5.69 Å². The molecule has 0 saturated heterocycles. The van der Waals surface area contributed by atoms with Crippen LogP contribution < -0.4 is 5.32 Å². The molecule has 0 radical (unpaired) electrons. The van der Waals surface area contributed by atoms with E-state index in [0.717, 1.165) is 12.0 Å². The second-order valence-corrected chi connectivity index (χ2v) is 4.34. The molecule has 3 N–H and O–H groups in total. The molecule has 1 aromatic carbocycles. The Labute approximate surface area is 101 Å². The number of nitrogens with one attached hydrogen (secondary N) is 1. The molecule has 0 fully saturated rings. The maximum atomic E-state index is 11.8. The van der Waals surface area contributed by atoms with Gasteiger partial charge in [-0.25, -0.2) is 0 Å². The summed E-state index contributed by atoms with van der Waals surface area (Å²) in [4.78, 5) is 11.8. The fourth-order valence-electron chi connectivity index (χ4n) is 1.61. The molecule has 94 valence electrons. The lowest BCUT2D eigenvalue weighted by Gasteiger charge is -2.21. The maximum absolute atomic E-state index is 11.8. The quantitative estimate of drug-likeness (QED) is 0.729. The third-order valence-corrected chi connectivity index (χ3v) is 2.59. The van der Waals surface area contributed by atoms with Crippen LogP contribution in [0.2, 0.25) is 0 Å². The van der Waals surface area contributed by atoms with Crippen molar-refractivity contribution < 1.29 is 15.0 Å². The zero-order valence-corrected chi connectivity index (χ0v) is 10.2. The Kier molecular flexibility index (Phi) is 4.66. The van der Waals surface area contributed by atoms with Crippen molar-refractivity contribution in [3.05, 3.63) is 29.8 Å². The lowest BCUT2D eigenvalue weighted by molar-refractivity contribution is -0.133. The standard InChI is InChI=1S/C13H19NO3/c1-3-7-13(2,17)12(16)14-11-6-4-5-10(8-11)9-15/h4-6,8,15,17H,3,7,9H2,1-2H3,(H,14,16). The highest BCUT2D eigenvalue weighted by molar-refractivity contribution is 5.96. The van der Waals surface area contributed by atoms with Crippen LogP contribution >= 0.6 is 0 Å². The summed E-state index contributed by atoms with van der Waals surface area (Å²) < 4.78 is 0. The van der Waals surface area contributed by atoms with Crippen LogP contribution in [-0.2, 0) is 11.4 Å². The fraction of sp³-hybridized carbons (Fsp3) is 0.462. The molecule has 0 aromatic heterocycles. The smallest absolute Gasteiger partial charge is 0.256 e. The molecule has 0 aliphatic carbocycles. The number of carbonyl (C=O) groups is 1. The summed E-state index contributed by atoms with van der Waals surface area (Å²) in [7, 11) is 0. The lowest BCUT2D eigenvalue weighted by atomic mass is 9.99. The van der Waals surface area contributed by atoms with Crippen molar-refractivity contribution in [3.8, 4) is 0 Å². The van der Waals surface area contributed by atoms with E-state index in [2.05, 4.69) is 5.32 Å². The molecule has 0 bridgehead atoms. The molecular formula is C13H19NO3. The van der Waals surface area contributed by atoms with Gasteiger partial charge in [-0.15, -0.1) is 0 Å². The van der Waals surface area contributed by atoms with Crippen LogP contribution in [0.3, 0.4) is 0 Å². The number of hydrogen-bond acceptors (Lipinski definition) is 3. The van der Waals surface area contributed by atoms with Crippen LogP contribution in [0.1, 0.15) is 32.3 Å². The number of aliphatic hydroxyl groups is 2. The van der Waals surface area contributed by atoms with Crippen LogP contribution in [0, 0.1) is 0 Å². The SMILES string of the molecule is CCCC(C)(O)C(=O)Nc1cccc(CO)c1. The third-order valence-electron chi connectivity index (χ3n) is 2.59. The van der Waals surface area contributed by atoms with Crippen molar-refractivity contribution in [2.45, 2.75) is 38.9 Å². The summed E-state index contributed by atoms with van der Waals surface area (Å²) in [6.07, 6.45) is 1.15. The van der Waals surface area contributed by atoms with Crippen LogP contribution in [0.15, 0.2) is 24.3 Å². The van der Waals surface area contributed by atoms with Crippen molar-refractivity contribution in [3.63, 3.8) is 0 Å². The van der Waals surface area contributed by atoms with Crippen molar-refractivity contribution in [1.82, 2.24) is 0 Å². The Balaban J connectivity index is 2.73. The van der Waals surface area contributed by atoms with Crippen LogP contribution in [0.25, 0.3) is 0 Å². The number of aliphatic hydroxyl groups excluding tert-OH is 1. The number of amides is 1. The molecule has 17 heavy (non-hydrogen) atoms. The Hall–Kier alpha value is -1.39. The predicted molar refractivity (Wildman–Crippen MR) is 66.5 cm³/mol. The molecule has 1 amide bonds. The summed E-state index contributed by atoms with van der Waals surface area (Å²) in [5.41, 5.74) is -0.0554. The first kappa shape index (κ1) is 13.7. The largest absolute Gasteiger partial charge is 0.392 e. The first-order valence-electron chi connectivity index (χ1n) is 5.73. The topological polar surface area (TPSA) is 69.6 Å². The zero-order valence-electron chi connectivity index (χ0n) is 10.2. The monoisotopic (exact) mass is 237 g/mol. The van der Waals surface area contributed by atoms with E-state index in [4.69, 9.17) is 5.11 Å². The zero-order chi connectivity index (χ0) is 12.9. The van der Waals surface area contributed by atoms with Gasteiger partial charge in [-0.05, 0) is 31.0 Å². The van der Waals surface area contributed by atoms with Gasteiger partial charge in [0.05, 0.1) is 6.61 Å². The third kappa shape index (κ3) is 3.84. The number of carbonyl (C=O) groups excluding carboxylic acids is 1. The molecule has 1 unspecified atom stereocenters. The summed E-state index contributed by atoms with van der Waals surface area (Å²) >= 11 is 0. The van der Waals surface area contributed by atoms with Gasteiger partial charge in [0.15, 0.2) is 0 Å². The second kappa shape index (κ2) is 5.80. The van der Waals surface area contributed by atoms with Crippen molar-refractivity contribution >= 4 is 11.6 Å². The normalized spacial score (nSPS) is 14.1. The molecule has 4 heteroatoms. The molecule has 0 spiro atoms. The van der Waals surface area contributed by atoms with E-state index in [9.17, 15) is 9.90 Å². The Bertz CT molecular complexity index is 388. The predicted octanol–water partition coefficient (Wildman–Crippen LogP) is 1.67. The van der Waals surface area contributed by atoms with Gasteiger partial charge in [0.2, 0.25) is 0 Å². The summed E-state index contributed by atoms with van der Waals surface area (Å²) in [5.74, 6) is -0.422. The van der Waals surface area contributed by atoms with Crippen LogP contribution in [-0.4, -0.2) is 21.7 Å². The Morgan fingerprint density at radius 2 is 2.18 bits per heavy atom. The van der Waals surface area contributed by atoms with E-state index < -0.39 is 11.5 Å². The van der Waals surface area contributed by atoms with E-state index in [1.165, 1.54) is 6.92 Å². The highest BCUT2D eigenvalue weighted by atomic mass is 16.3. The number of rotatable bonds is 5. The molecule has 0 saturated carbocycles. The molecular weight excluding hydrogens is 218 g/mol. The average Bonchev–Trinajstić information content (AvgIpc) is 2.29. The van der Waals surface area contributed by atoms with Crippen molar-refractivity contribution in [2.75, 3.05) is 5.32 Å². The van der Waals surface area contributed by atoms with E-state index in [1.807, 2.05) is 6.92 Å². The molecule has 0 aliphatic heterocycles. The van der Waals surface area contributed by atoms with Crippen molar-refractivity contribution in [2.24, 2.45) is 0 Å². The van der Waals surface area contributed by atoms with Gasteiger partial charge < -0.3 is 15.5 Å². The van der Waals surface area contributed by atoms with E-state index >= 15 is 0 Å². The molecule has 4 nitrogen and oxygen atoms in total. The maximum Gasteiger partial charge on any atom is 0.256 e. The van der Waals surface area contributed by atoms with Gasteiger partial charge in [-0.3, -0.25) is 4.79 Å². The molecule has 0 heterocycles. The minimum Gasteiger partial charge on any atom is -0.392 e. The van der Waals surface area contributed by atoms with Crippen LogP contribution in [0.4, 0.5) is 5.69 Å². The van der Waals surface area contributed by atoms with Gasteiger partial charge in [0.1, 0.15) is 5.60 Å². The number of benzene rings is 1. The number of hydrogen-bond donors (Lipinski definition) is 3. The summed E-state index contributed by atoms with van der Waals surface area (Å²) in [6.45, 7) is 3.34. The molecule has 1 rings (SSSR count). The van der Waals surface area contributed by atoms with Crippen molar-refractivity contribution in [1.29, 1.82) is 0 Å². The van der Waals surface area contributed by atoms with Gasteiger partial charge in [0.25, 0.3) is 5.91 Å². The van der Waals surface area contributed by atoms with Gasteiger partial charge >= 0.3 is 0 Å².